The first-order valence-corrected chi connectivity index (χ1v) is 6.40. The second-order valence-corrected chi connectivity index (χ2v) is 5.33. The molecular weight excluding hydrogens is 212 g/mol. The van der Waals surface area contributed by atoms with Crippen LogP contribution in [0.1, 0.15) is 38.8 Å². The summed E-state index contributed by atoms with van der Waals surface area (Å²) in [6.45, 7) is 8.51. The van der Waals surface area contributed by atoms with Gasteiger partial charge in [0.15, 0.2) is 0 Å². The fourth-order valence-corrected chi connectivity index (χ4v) is 2.22. The number of aromatic nitrogens is 2. The Balaban J connectivity index is 2.14. The molecule has 0 spiro atoms. The number of nitrogens with two attached hydrogens (primary N) is 1. The van der Waals surface area contributed by atoms with Gasteiger partial charge in [-0.15, -0.1) is 0 Å². The average molecular weight is 234 g/mol. The Morgan fingerprint density at radius 1 is 1.41 bits per heavy atom. The summed E-state index contributed by atoms with van der Waals surface area (Å²) in [6, 6.07) is 2.44. The minimum Gasteiger partial charge on any atom is -0.356 e. The van der Waals surface area contributed by atoms with Gasteiger partial charge < -0.3 is 10.6 Å². The van der Waals surface area contributed by atoms with E-state index in [2.05, 4.69) is 41.7 Å². The zero-order chi connectivity index (χ0) is 12.4. The Bertz CT molecular complexity index is 377. The molecule has 1 fully saturated rings. The van der Waals surface area contributed by atoms with Gasteiger partial charge in [0.25, 0.3) is 0 Å². The molecule has 4 heteroatoms. The van der Waals surface area contributed by atoms with E-state index in [1.807, 2.05) is 0 Å². The topological polar surface area (TPSA) is 55.0 Å². The molecule has 1 saturated heterocycles. The lowest BCUT2D eigenvalue weighted by molar-refractivity contribution is 0.381. The summed E-state index contributed by atoms with van der Waals surface area (Å²) < 4.78 is 0. The summed E-state index contributed by atoms with van der Waals surface area (Å²) in [7, 11) is 0. The summed E-state index contributed by atoms with van der Waals surface area (Å²) in [4.78, 5) is 11.0. The maximum absolute atomic E-state index is 6.04. The van der Waals surface area contributed by atoms with Crippen LogP contribution in [-0.2, 0) is 0 Å². The van der Waals surface area contributed by atoms with Crippen LogP contribution in [-0.4, -0.2) is 29.1 Å². The van der Waals surface area contributed by atoms with Crippen molar-refractivity contribution in [3.8, 4) is 0 Å². The lowest BCUT2D eigenvalue weighted by Gasteiger charge is -2.35. The van der Waals surface area contributed by atoms with Crippen molar-refractivity contribution in [1.82, 2.24) is 9.97 Å². The van der Waals surface area contributed by atoms with Crippen molar-refractivity contribution in [2.75, 3.05) is 18.0 Å². The fraction of sp³-hybridized carbons (Fsp3) is 0.692. The maximum atomic E-state index is 6.04. The Hall–Kier alpha value is -1.16. The van der Waals surface area contributed by atoms with E-state index < -0.39 is 0 Å². The zero-order valence-electron chi connectivity index (χ0n) is 10.9. The van der Waals surface area contributed by atoms with Gasteiger partial charge in [0.2, 0.25) is 0 Å². The molecule has 0 aliphatic carbocycles. The average Bonchev–Trinajstić information content (AvgIpc) is 2.33. The quantitative estimate of drug-likeness (QED) is 0.847. The van der Waals surface area contributed by atoms with Gasteiger partial charge in [-0.2, -0.15) is 0 Å². The summed E-state index contributed by atoms with van der Waals surface area (Å²) in [5.41, 5.74) is 7.15. The number of piperidine rings is 1. The number of rotatable bonds is 2. The van der Waals surface area contributed by atoms with Crippen molar-refractivity contribution in [1.29, 1.82) is 0 Å². The first kappa shape index (κ1) is 12.3. The predicted molar refractivity (Wildman–Crippen MR) is 70.1 cm³/mol. The molecule has 1 aromatic heterocycles. The normalized spacial score (nSPS) is 25.4. The smallest absolute Gasteiger partial charge is 0.132 e. The molecule has 0 bridgehead atoms. The summed E-state index contributed by atoms with van der Waals surface area (Å²) in [6.07, 6.45) is 2.71. The molecule has 4 nitrogen and oxygen atoms in total. The lowest BCUT2D eigenvalue weighted by Crippen LogP contribution is -2.46. The van der Waals surface area contributed by atoms with Crippen LogP contribution >= 0.6 is 0 Å². The molecule has 2 N–H and O–H groups in total. The third kappa shape index (κ3) is 2.75. The first-order valence-electron chi connectivity index (χ1n) is 6.40. The van der Waals surface area contributed by atoms with Gasteiger partial charge in [-0.1, -0.05) is 20.8 Å². The van der Waals surface area contributed by atoms with Crippen LogP contribution in [0, 0.1) is 5.92 Å². The molecule has 2 heterocycles. The molecule has 2 rings (SSSR count). The SMILES string of the molecule is CC(C)c1cc(N2CCC(N)C(C)C2)ncn1. The second kappa shape index (κ2) is 5.00. The van der Waals surface area contributed by atoms with Crippen molar-refractivity contribution >= 4 is 5.82 Å². The molecule has 0 amide bonds. The summed E-state index contributed by atoms with van der Waals surface area (Å²) in [5.74, 6) is 2.02. The molecule has 0 saturated carbocycles. The monoisotopic (exact) mass is 234 g/mol. The molecule has 17 heavy (non-hydrogen) atoms. The highest BCUT2D eigenvalue weighted by molar-refractivity contribution is 5.40. The van der Waals surface area contributed by atoms with Gasteiger partial charge in [0.05, 0.1) is 0 Å². The van der Waals surface area contributed by atoms with Crippen LogP contribution in [0.2, 0.25) is 0 Å². The zero-order valence-corrected chi connectivity index (χ0v) is 10.9. The van der Waals surface area contributed by atoms with Crippen molar-refractivity contribution in [2.45, 2.75) is 39.2 Å². The minimum atomic E-state index is 0.331. The number of nitrogens with zero attached hydrogens (tertiary/aromatic N) is 3. The van der Waals surface area contributed by atoms with Crippen LogP contribution in [0.15, 0.2) is 12.4 Å². The van der Waals surface area contributed by atoms with E-state index in [4.69, 9.17) is 5.73 Å². The van der Waals surface area contributed by atoms with E-state index in [-0.39, 0.29) is 0 Å². The molecule has 2 atom stereocenters. The lowest BCUT2D eigenvalue weighted by atomic mass is 9.95. The Labute approximate surface area is 103 Å². The molecule has 94 valence electrons. The summed E-state index contributed by atoms with van der Waals surface area (Å²) >= 11 is 0. The standard InChI is InChI=1S/C13H22N4/c1-9(2)12-6-13(16-8-15-12)17-5-4-11(14)10(3)7-17/h6,8-11H,4-5,7,14H2,1-3H3. The fourth-order valence-electron chi connectivity index (χ4n) is 2.22. The molecule has 1 aliphatic rings. The Morgan fingerprint density at radius 3 is 2.82 bits per heavy atom. The van der Waals surface area contributed by atoms with Gasteiger partial charge in [-0.3, -0.25) is 0 Å². The van der Waals surface area contributed by atoms with Gasteiger partial charge in [0, 0.05) is 30.9 Å². The van der Waals surface area contributed by atoms with Crippen molar-refractivity contribution < 1.29 is 0 Å². The van der Waals surface area contributed by atoms with Crippen LogP contribution < -0.4 is 10.6 Å². The molecule has 0 aromatic carbocycles. The summed E-state index contributed by atoms with van der Waals surface area (Å²) in [5, 5.41) is 0. The Kier molecular flexibility index (Phi) is 3.62. The van der Waals surface area contributed by atoms with E-state index in [0.717, 1.165) is 31.0 Å². The van der Waals surface area contributed by atoms with E-state index in [1.165, 1.54) is 0 Å². The van der Waals surface area contributed by atoms with Gasteiger partial charge in [-0.05, 0) is 18.3 Å². The highest BCUT2D eigenvalue weighted by Crippen LogP contribution is 2.22. The van der Waals surface area contributed by atoms with E-state index in [1.54, 1.807) is 6.33 Å². The maximum Gasteiger partial charge on any atom is 0.132 e. The molecule has 0 radical (unpaired) electrons. The Morgan fingerprint density at radius 2 is 2.18 bits per heavy atom. The van der Waals surface area contributed by atoms with E-state index >= 15 is 0 Å². The number of hydrogen-bond acceptors (Lipinski definition) is 4. The predicted octanol–water partition coefficient (Wildman–Crippen LogP) is 1.77. The van der Waals surface area contributed by atoms with Crippen LogP contribution in [0.5, 0.6) is 0 Å². The molecular formula is C13H22N4. The second-order valence-electron chi connectivity index (χ2n) is 5.33. The highest BCUT2D eigenvalue weighted by Gasteiger charge is 2.24. The minimum absolute atomic E-state index is 0.331. The molecule has 2 unspecified atom stereocenters. The highest BCUT2D eigenvalue weighted by atomic mass is 15.2. The van der Waals surface area contributed by atoms with Crippen molar-refractivity contribution in [2.24, 2.45) is 11.7 Å². The van der Waals surface area contributed by atoms with Crippen molar-refractivity contribution in [3.63, 3.8) is 0 Å². The van der Waals surface area contributed by atoms with Crippen LogP contribution in [0.25, 0.3) is 0 Å². The molecule has 1 aromatic rings. The van der Waals surface area contributed by atoms with Gasteiger partial charge in [0.1, 0.15) is 12.1 Å². The van der Waals surface area contributed by atoms with Crippen molar-refractivity contribution in [3.05, 3.63) is 18.1 Å². The molecule has 1 aliphatic heterocycles. The number of anilines is 1. The van der Waals surface area contributed by atoms with Crippen LogP contribution in [0.3, 0.4) is 0 Å². The number of hydrogen-bond donors (Lipinski definition) is 1. The van der Waals surface area contributed by atoms with Crippen LogP contribution in [0.4, 0.5) is 5.82 Å². The van der Waals surface area contributed by atoms with Gasteiger partial charge >= 0.3 is 0 Å². The van der Waals surface area contributed by atoms with E-state index in [0.29, 0.717) is 17.9 Å². The third-order valence-electron chi connectivity index (χ3n) is 3.56. The first-order chi connectivity index (χ1) is 8.08. The van der Waals surface area contributed by atoms with E-state index in [9.17, 15) is 0 Å². The van der Waals surface area contributed by atoms with Gasteiger partial charge in [-0.25, -0.2) is 9.97 Å². The largest absolute Gasteiger partial charge is 0.356 e. The third-order valence-corrected chi connectivity index (χ3v) is 3.56.